The maximum absolute atomic E-state index is 14.2. The van der Waals surface area contributed by atoms with Crippen molar-refractivity contribution in [1.82, 2.24) is 10.2 Å². The van der Waals surface area contributed by atoms with Crippen LogP contribution < -0.4 is 5.32 Å². The standard InChI is InChI=1S/C26H29ClF2N2O3/c1-33-9-6-16-2-5-22(27)17(10-16)13-31-8-7-26(21(14-31)25(32)30-19-3-4-19)20-12-24(29)23(28)11-18(20)15-34-26/h2,5,10-12,19,21H,3-4,6-9,13-15H2,1H3,(H,30,32)/t21-,26?/m0/s1. The zero-order chi connectivity index (χ0) is 23.9. The smallest absolute Gasteiger partial charge is 0.227 e. The van der Waals surface area contributed by atoms with Gasteiger partial charge in [-0.05, 0) is 66.1 Å². The van der Waals surface area contributed by atoms with Crippen LogP contribution in [0.25, 0.3) is 0 Å². The normalized spacial score (nSPS) is 24.4. The highest BCUT2D eigenvalue weighted by Crippen LogP contribution is 2.48. The van der Waals surface area contributed by atoms with Gasteiger partial charge < -0.3 is 14.8 Å². The molecule has 5 rings (SSSR count). The van der Waals surface area contributed by atoms with Crippen molar-refractivity contribution >= 4 is 17.5 Å². The van der Waals surface area contributed by atoms with Crippen LogP contribution in [0.4, 0.5) is 8.78 Å². The number of carbonyl (C=O) groups excluding carboxylic acids is 1. The van der Waals surface area contributed by atoms with Gasteiger partial charge in [0, 0.05) is 37.8 Å². The maximum Gasteiger partial charge on any atom is 0.227 e. The first-order chi connectivity index (χ1) is 16.4. The minimum absolute atomic E-state index is 0.0928. The van der Waals surface area contributed by atoms with Crippen LogP contribution in [-0.4, -0.2) is 43.7 Å². The summed E-state index contributed by atoms with van der Waals surface area (Å²) in [6.07, 6.45) is 3.24. The molecular weight excluding hydrogens is 462 g/mol. The molecule has 0 radical (unpaired) electrons. The second-order valence-corrected chi connectivity index (χ2v) is 10.00. The van der Waals surface area contributed by atoms with Crippen LogP contribution >= 0.6 is 11.6 Å². The number of benzene rings is 2. The van der Waals surface area contributed by atoms with Crippen molar-refractivity contribution in [2.24, 2.45) is 5.92 Å². The molecule has 1 aliphatic carbocycles. The van der Waals surface area contributed by atoms with E-state index in [1.165, 1.54) is 12.1 Å². The van der Waals surface area contributed by atoms with Gasteiger partial charge in [0.1, 0.15) is 5.60 Å². The molecule has 2 aliphatic heterocycles. The number of halogens is 3. The van der Waals surface area contributed by atoms with E-state index in [1.807, 2.05) is 12.1 Å². The van der Waals surface area contributed by atoms with Gasteiger partial charge in [-0.1, -0.05) is 23.7 Å². The Bertz CT molecular complexity index is 1090. The Labute approximate surface area is 203 Å². The first kappa shape index (κ1) is 23.7. The van der Waals surface area contributed by atoms with Crippen molar-refractivity contribution in [2.45, 2.75) is 50.5 Å². The molecule has 3 aliphatic rings. The second-order valence-electron chi connectivity index (χ2n) is 9.59. The van der Waals surface area contributed by atoms with Gasteiger partial charge in [0.05, 0.1) is 19.1 Å². The third-order valence-electron chi connectivity index (χ3n) is 7.23. The van der Waals surface area contributed by atoms with Gasteiger partial charge in [-0.25, -0.2) is 8.78 Å². The summed E-state index contributed by atoms with van der Waals surface area (Å²) >= 11 is 6.51. The van der Waals surface area contributed by atoms with Gasteiger partial charge in [0.25, 0.3) is 0 Å². The quantitative estimate of drug-likeness (QED) is 0.627. The van der Waals surface area contributed by atoms with E-state index in [4.69, 9.17) is 21.1 Å². The van der Waals surface area contributed by atoms with Crippen molar-refractivity contribution in [3.8, 4) is 0 Å². The first-order valence-electron chi connectivity index (χ1n) is 11.8. The van der Waals surface area contributed by atoms with Crippen molar-refractivity contribution in [1.29, 1.82) is 0 Å². The highest BCUT2D eigenvalue weighted by molar-refractivity contribution is 6.31. The number of piperidine rings is 1. The van der Waals surface area contributed by atoms with Crippen molar-refractivity contribution < 1.29 is 23.0 Å². The molecule has 1 unspecified atom stereocenters. The molecule has 2 fully saturated rings. The topological polar surface area (TPSA) is 50.8 Å². The average Bonchev–Trinajstić information content (AvgIpc) is 3.58. The molecule has 2 aromatic rings. The van der Waals surface area contributed by atoms with Crippen molar-refractivity contribution in [3.05, 3.63) is 69.2 Å². The molecule has 2 aromatic carbocycles. The molecule has 5 nitrogen and oxygen atoms in total. The number of hydrogen-bond acceptors (Lipinski definition) is 4. The largest absolute Gasteiger partial charge is 0.384 e. The van der Waals surface area contributed by atoms with E-state index in [1.54, 1.807) is 7.11 Å². The Hall–Kier alpha value is -2.06. The van der Waals surface area contributed by atoms with E-state index in [2.05, 4.69) is 16.3 Å². The maximum atomic E-state index is 14.2. The van der Waals surface area contributed by atoms with E-state index in [0.717, 1.165) is 30.4 Å². The number of nitrogens with one attached hydrogen (secondary N) is 1. The number of ether oxygens (including phenoxy) is 2. The molecule has 0 aromatic heterocycles. The monoisotopic (exact) mass is 490 g/mol. The molecule has 2 heterocycles. The lowest BCUT2D eigenvalue weighted by Gasteiger charge is -2.45. The average molecular weight is 491 g/mol. The summed E-state index contributed by atoms with van der Waals surface area (Å²) < 4.78 is 39.5. The SMILES string of the molecule is COCCc1ccc(Cl)c(CN2CCC3(OCc4cc(F)c(F)cc43)[C@H](C(=O)NC3CC3)C2)c1. The molecule has 2 atom stereocenters. The highest BCUT2D eigenvalue weighted by atomic mass is 35.5. The Morgan fingerprint density at radius 1 is 1.26 bits per heavy atom. The van der Waals surface area contributed by atoms with Gasteiger partial charge in [-0.15, -0.1) is 0 Å². The number of amides is 1. The molecule has 34 heavy (non-hydrogen) atoms. The Balaban J connectivity index is 1.41. The van der Waals surface area contributed by atoms with E-state index >= 15 is 0 Å². The molecule has 1 N–H and O–H groups in total. The fourth-order valence-corrected chi connectivity index (χ4v) is 5.39. The lowest BCUT2D eigenvalue weighted by Crippen LogP contribution is -2.55. The number of likely N-dealkylation sites (tertiary alicyclic amines) is 1. The van der Waals surface area contributed by atoms with Crippen molar-refractivity contribution in [3.63, 3.8) is 0 Å². The first-order valence-corrected chi connectivity index (χ1v) is 12.2. The summed E-state index contributed by atoms with van der Waals surface area (Å²) in [5.41, 5.74) is 2.40. The van der Waals surface area contributed by atoms with Gasteiger partial charge in [0.2, 0.25) is 5.91 Å². The molecule has 1 amide bonds. The van der Waals surface area contributed by atoms with Crippen LogP contribution in [0.15, 0.2) is 30.3 Å². The second kappa shape index (κ2) is 9.53. The Kier molecular flexibility index (Phi) is 6.64. The summed E-state index contributed by atoms with van der Waals surface area (Å²) in [5, 5.41) is 3.79. The molecule has 1 saturated heterocycles. The Morgan fingerprint density at radius 2 is 2.06 bits per heavy atom. The predicted octanol–water partition coefficient (Wildman–Crippen LogP) is 4.33. The van der Waals surface area contributed by atoms with Gasteiger partial charge in [-0.3, -0.25) is 9.69 Å². The highest BCUT2D eigenvalue weighted by Gasteiger charge is 2.53. The summed E-state index contributed by atoms with van der Waals surface area (Å²) in [6, 6.07) is 8.60. The fraction of sp³-hybridized carbons (Fsp3) is 0.500. The van der Waals surface area contributed by atoms with Gasteiger partial charge in [0.15, 0.2) is 11.6 Å². The number of fused-ring (bicyclic) bond motifs is 2. The minimum atomic E-state index is -0.955. The lowest BCUT2D eigenvalue weighted by atomic mass is 9.75. The molecular formula is C26H29ClF2N2O3. The van der Waals surface area contributed by atoms with Crippen LogP contribution in [0, 0.1) is 17.6 Å². The lowest BCUT2D eigenvalue weighted by molar-refractivity contribution is -0.154. The number of rotatable bonds is 7. The van der Waals surface area contributed by atoms with Crippen LogP contribution in [0.3, 0.4) is 0 Å². The molecule has 8 heteroatoms. The number of methoxy groups -OCH3 is 1. The predicted molar refractivity (Wildman–Crippen MR) is 124 cm³/mol. The molecule has 1 saturated carbocycles. The number of hydrogen-bond donors (Lipinski definition) is 1. The van der Waals surface area contributed by atoms with Crippen molar-refractivity contribution in [2.75, 3.05) is 26.8 Å². The molecule has 182 valence electrons. The van der Waals surface area contributed by atoms with Gasteiger partial charge >= 0.3 is 0 Å². The summed E-state index contributed by atoms with van der Waals surface area (Å²) in [4.78, 5) is 15.6. The fourth-order valence-electron chi connectivity index (χ4n) is 5.21. The summed E-state index contributed by atoms with van der Waals surface area (Å²) in [6.45, 7) is 2.48. The van der Waals surface area contributed by atoms with E-state index < -0.39 is 23.2 Å². The zero-order valence-corrected chi connectivity index (χ0v) is 20.0. The minimum Gasteiger partial charge on any atom is -0.384 e. The number of carbonyl (C=O) groups is 1. The third-order valence-corrected chi connectivity index (χ3v) is 7.60. The molecule has 1 spiro atoms. The number of nitrogens with zero attached hydrogens (tertiary/aromatic N) is 1. The van der Waals surface area contributed by atoms with E-state index in [9.17, 15) is 13.6 Å². The van der Waals surface area contributed by atoms with Crippen LogP contribution in [0.2, 0.25) is 5.02 Å². The van der Waals surface area contributed by atoms with Gasteiger partial charge in [-0.2, -0.15) is 0 Å². The Morgan fingerprint density at radius 3 is 2.82 bits per heavy atom. The zero-order valence-electron chi connectivity index (χ0n) is 19.2. The van der Waals surface area contributed by atoms with E-state index in [0.29, 0.717) is 48.8 Å². The summed E-state index contributed by atoms with van der Waals surface area (Å²) in [7, 11) is 1.68. The van der Waals surface area contributed by atoms with Crippen LogP contribution in [-0.2, 0) is 39.4 Å². The van der Waals surface area contributed by atoms with Crippen LogP contribution in [0.1, 0.15) is 41.5 Å². The third kappa shape index (κ3) is 4.59. The molecule has 0 bridgehead atoms. The summed E-state index contributed by atoms with van der Waals surface area (Å²) in [5.74, 6) is -2.43. The van der Waals surface area contributed by atoms with E-state index in [-0.39, 0.29) is 18.6 Å². The van der Waals surface area contributed by atoms with Crippen LogP contribution in [0.5, 0.6) is 0 Å².